The standard InChI is InChI=1S/C20H36Br2OSi/c1-14(13-18(21)22)15-10-11-16-17(9-8-12-20(15,16)5)23-24(6,7)19(2,3)4/h13-17H,8-12H2,1-7H3/t14-,15?,16?,17?,20-/m1/s1. The molecule has 2 aliphatic carbocycles. The van der Waals surface area contributed by atoms with Gasteiger partial charge in [0.1, 0.15) is 0 Å². The Balaban J connectivity index is 2.19. The number of hydrogen-bond acceptors (Lipinski definition) is 1. The monoisotopic (exact) mass is 478 g/mol. The van der Waals surface area contributed by atoms with Gasteiger partial charge in [0.2, 0.25) is 0 Å². The Morgan fingerprint density at radius 3 is 2.38 bits per heavy atom. The van der Waals surface area contributed by atoms with Crippen molar-refractivity contribution >= 4 is 40.2 Å². The van der Waals surface area contributed by atoms with Crippen molar-refractivity contribution in [2.45, 2.75) is 91.0 Å². The Labute approximate surface area is 167 Å². The van der Waals surface area contributed by atoms with E-state index in [4.69, 9.17) is 4.43 Å². The van der Waals surface area contributed by atoms with E-state index in [1.54, 1.807) is 0 Å². The van der Waals surface area contributed by atoms with Crippen LogP contribution in [0.4, 0.5) is 0 Å². The highest BCUT2D eigenvalue weighted by molar-refractivity contribution is 9.28. The molecule has 0 spiro atoms. The first-order chi connectivity index (χ1) is 10.9. The fourth-order valence-electron chi connectivity index (χ4n) is 5.03. The minimum atomic E-state index is -1.69. The molecule has 0 heterocycles. The lowest BCUT2D eigenvalue weighted by Crippen LogP contribution is -2.50. The Morgan fingerprint density at radius 1 is 1.21 bits per heavy atom. The van der Waals surface area contributed by atoms with E-state index in [1.807, 2.05) is 0 Å². The lowest BCUT2D eigenvalue weighted by molar-refractivity contribution is -0.0162. The van der Waals surface area contributed by atoms with Gasteiger partial charge in [-0.25, -0.2) is 0 Å². The molecule has 0 aromatic rings. The van der Waals surface area contributed by atoms with Gasteiger partial charge in [0.15, 0.2) is 8.32 Å². The molecule has 2 aliphatic rings. The predicted octanol–water partition coefficient (Wildman–Crippen LogP) is 7.86. The van der Waals surface area contributed by atoms with Gasteiger partial charge in [-0.05, 0) is 98.8 Å². The van der Waals surface area contributed by atoms with Crippen LogP contribution >= 0.6 is 31.9 Å². The SMILES string of the molecule is C[C@H](C=C(Br)Br)C1CCC2C(O[Si](C)(C)C(C)(C)C)CCC[C@@]21C. The third-order valence-corrected chi connectivity index (χ3v) is 12.4. The molecule has 0 aromatic carbocycles. The molecule has 0 radical (unpaired) electrons. The summed E-state index contributed by atoms with van der Waals surface area (Å²) in [6.45, 7) is 16.9. The van der Waals surface area contributed by atoms with Crippen LogP contribution in [0.1, 0.15) is 66.7 Å². The summed E-state index contributed by atoms with van der Waals surface area (Å²) in [4.78, 5) is 0. The maximum Gasteiger partial charge on any atom is 0.192 e. The van der Waals surface area contributed by atoms with Crippen LogP contribution < -0.4 is 0 Å². The van der Waals surface area contributed by atoms with Crippen LogP contribution in [0.15, 0.2) is 9.47 Å². The van der Waals surface area contributed by atoms with Gasteiger partial charge < -0.3 is 4.43 Å². The molecule has 0 bridgehead atoms. The lowest BCUT2D eigenvalue weighted by Gasteiger charge is -2.49. The first-order valence-electron chi connectivity index (χ1n) is 9.59. The van der Waals surface area contributed by atoms with E-state index in [0.29, 0.717) is 22.5 Å². The molecule has 2 fully saturated rings. The average molecular weight is 480 g/mol. The van der Waals surface area contributed by atoms with Gasteiger partial charge in [-0.15, -0.1) is 0 Å². The molecule has 3 unspecified atom stereocenters. The van der Waals surface area contributed by atoms with E-state index < -0.39 is 8.32 Å². The zero-order valence-corrected chi connectivity index (χ0v) is 20.8. The van der Waals surface area contributed by atoms with Gasteiger partial charge in [0, 0.05) is 6.10 Å². The minimum Gasteiger partial charge on any atom is -0.414 e. The first kappa shape index (κ1) is 21.2. The molecule has 2 rings (SSSR count). The summed E-state index contributed by atoms with van der Waals surface area (Å²) < 4.78 is 8.03. The van der Waals surface area contributed by atoms with Gasteiger partial charge in [0.05, 0.1) is 3.39 Å². The summed E-state index contributed by atoms with van der Waals surface area (Å²) in [5, 5.41) is 0.301. The highest BCUT2D eigenvalue weighted by atomic mass is 79.9. The predicted molar refractivity (Wildman–Crippen MR) is 115 cm³/mol. The second kappa shape index (κ2) is 7.48. The number of hydrogen-bond donors (Lipinski definition) is 0. The molecule has 4 heteroatoms. The van der Waals surface area contributed by atoms with Crippen molar-refractivity contribution in [3.05, 3.63) is 9.47 Å². The summed E-state index contributed by atoms with van der Waals surface area (Å²) in [6.07, 6.45) is 9.50. The quantitative estimate of drug-likeness (QED) is 0.372. The molecule has 1 nitrogen and oxygen atoms in total. The average Bonchev–Trinajstić information content (AvgIpc) is 2.74. The molecule has 5 atom stereocenters. The number of fused-ring (bicyclic) bond motifs is 1. The summed E-state index contributed by atoms with van der Waals surface area (Å²) >= 11 is 7.12. The minimum absolute atomic E-state index is 0.301. The third-order valence-electron chi connectivity index (χ3n) is 7.41. The van der Waals surface area contributed by atoms with Crippen LogP contribution in [-0.4, -0.2) is 14.4 Å². The lowest BCUT2D eigenvalue weighted by atomic mass is 9.62. The topological polar surface area (TPSA) is 9.23 Å². The fourth-order valence-corrected chi connectivity index (χ4v) is 7.26. The molecule has 24 heavy (non-hydrogen) atoms. The second-order valence-corrected chi connectivity index (χ2v) is 17.4. The second-order valence-electron chi connectivity index (χ2n) is 9.92. The van der Waals surface area contributed by atoms with Crippen LogP contribution in [0.5, 0.6) is 0 Å². The Morgan fingerprint density at radius 2 is 1.83 bits per heavy atom. The van der Waals surface area contributed by atoms with Crippen LogP contribution in [0.25, 0.3) is 0 Å². The number of rotatable bonds is 4. The Kier molecular flexibility index (Phi) is 6.60. The largest absolute Gasteiger partial charge is 0.414 e. The van der Waals surface area contributed by atoms with Gasteiger partial charge in [-0.2, -0.15) is 0 Å². The summed E-state index contributed by atoms with van der Waals surface area (Å²) in [7, 11) is -1.69. The normalized spacial score (nSPS) is 35.5. The fraction of sp³-hybridized carbons (Fsp3) is 0.900. The van der Waals surface area contributed by atoms with E-state index in [1.165, 1.54) is 32.1 Å². The van der Waals surface area contributed by atoms with Gasteiger partial charge in [0.25, 0.3) is 0 Å². The van der Waals surface area contributed by atoms with Gasteiger partial charge >= 0.3 is 0 Å². The molecular weight excluding hydrogens is 444 g/mol. The zero-order valence-electron chi connectivity index (χ0n) is 16.6. The van der Waals surface area contributed by atoms with Gasteiger partial charge in [-0.3, -0.25) is 0 Å². The van der Waals surface area contributed by atoms with Crippen molar-refractivity contribution in [1.29, 1.82) is 0 Å². The molecule has 0 aliphatic heterocycles. The molecule has 2 saturated carbocycles. The molecule has 140 valence electrons. The van der Waals surface area contributed by atoms with Crippen LogP contribution in [0.2, 0.25) is 18.1 Å². The summed E-state index contributed by atoms with van der Waals surface area (Å²) in [5.41, 5.74) is 0.441. The summed E-state index contributed by atoms with van der Waals surface area (Å²) in [6, 6.07) is 0. The van der Waals surface area contributed by atoms with E-state index in [2.05, 4.69) is 85.6 Å². The maximum atomic E-state index is 6.94. The van der Waals surface area contributed by atoms with Crippen molar-refractivity contribution in [2.75, 3.05) is 0 Å². The number of allylic oxidation sites excluding steroid dienone is 1. The summed E-state index contributed by atoms with van der Waals surface area (Å²) in [5.74, 6) is 2.13. The van der Waals surface area contributed by atoms with Crippen LogP contribution in [0.3, 0.4) is 0 Å². The van der Waals surface area contributed by atoms with E-state index in [0.717, 1.165) is 15.2 Å². The van der Waals surface area contributed by atoms with E-state index in [-0.39, 0.29) is 0 Å². The maximum absolute atomic E-state index is 6.94. The van der Waals surface area contributed by atoms with Crippen molar-refractivity contribution < 1.29 is 4.43 Å². The van der Waals surface area contributed by atoms with E-state index in [9.17, 15) is 0 Å². The number of halogens is 2. The highest BCUT2D eigenvalue weighted by Crippen LogP contribution is 2.59. The first-order valence-corrected chi connectivity index (χ1v) is 14.1. The smallest absolute Gasteiger partial charge is 0.192 e. The molecule has 0 saturated heterocycles. The van der Waals surface area contributed by atoms with Crippen LogP contribution in [0, 0.1) is 23.2 Å². The molecular formula is C20H36Br2OSi. The van der Waals surface area contributed by atoms with Crippen molar-refractivity contribution in [1.82, 2.24) is 0 Å². The Hall–Kier alpha value is 0.877. The highest BCUT2D eigenvalue weighted by Gasteiger charge is 2.54. The van der Waals surface area contributed by atoms with Gasteiger partial charge in [-0.1, -0.05) is 47.1 Å². The molecule has 0 N–H and O–H groups in total. The third kappa shape index (κ3) is 4.23. The van der Waals surface area contributed by atoms with Crippen molar-refractivity contribution in [3.63, 3.8) is 0 Å². The zero-order chi connectivity index (χ0) is 18.3. The molecule has 0 amide bonds. The van der Waals surface area contributed by atoms with E-state index >= 15 is 0 Å². The van der Waals surface area contributed by atoms with Crippen molar-refractivity contribution in [2.24, 2.45) is 23.2 Å². The molecule has 0 aromatic heterocycles. The van der Waals surface area contributed by atoms with Crippen molar-refractivity contribution in [3.8, 4) is 0 Å². The van der Waals surface area contributed by atoms with Crippen LogP contribution in [-0.2, 0) is 4.43 Å². The Bertz CT molecular complexity index is 479.